The maximum absolute atomic E-state index is 12.7. The summed E-state index contributed by atoms with van der Waals surface area (Å²) >= 11 is 0. The van der Waals surface area contributed by atoms with Crippen molar-refractivity contribution in [2.24, 2.45) is 5.92 Å². The molecule has 0 bridgehead atoms. The maximum Gasteiger partial charge on any atom is 0.346 e. The van der Waals surface area contributed by atoms with Gasteiger partial charge in [-0.05, 0) is 56.3 Å². The van der Waals surface area contributed by atoms with Crippen LogP contribution in [-0.4, -0.2) is 56.3 Å². The second-order valence-corrected chi connectivity index (χ2v) is 8.17. The van der Waals surface area contributed by atoms with E-state index in [0.717, 1.165) is 56.8 Å². The van der Waals surface area contributed by atoms with Gasteiger partial charge in [-0.3, -0.25) is 14.3 Å². The standard InChI is InChI=1S/C21H30N6O2/c28-20(23-9-13-25-10-1-2-11-25)14-17-5-6-19-24-27(21(29)26(19)12-7-17)16-18-4-3-8-22-15-18/h3-4,8,15,17H,1-2,5-7,9-14,16H2,(H,23,28). The average Bonchev–Trinajstić information content (AvgIpc) is 3.28. The summed E-state index contributed by atoms with van der Waals surface area (Å²) in [6, 6.07) is 3.81. The van der Waals surface area contributed by atoms with E-state index in [-0.39, 0.29) is 11.6 Å². The predicted molar refractivity (Wildman–Crippen MR) is 110 cm³/mol. The topological polar surface area (TPSA) is 85.0 Å². The lowest BCUT2D eigenvalue weighted by Gasteiger charge is -2.16. The molecule has 0 aliphatic carbocycles. The van der Waals surface area contributed by atoms with E-state index in [1.54, 1.807) is 17.0 Å². The minimum absolute atomic E-state index is 0.0698. The zero-order valence-electron chi connectivity index (χ0n) is 16.9. The van der Waals surface area contributed by atoms with Gasteiger partial charge in [0.2, 0.25) is 5.91 Å². The fourth-order valence-electron chi connectivity index (χ4n) is 4.35. The molecule has 1 unspecified atom stereocenters. The van der Waals surface area contributed by atoms with Gasteiger partial charge in [0.1, 0.15) is 5.82 Å². The van der Waals surface area contributed by atoms with Gasteiger partial charge in [0.05, 0.1) is 6.54 Å². The number of amides is 1. The third-order valence-electron chi connectivity index (χ3n) is 6.01. The summed E-state index contributed by atoms with van der Waals surface area (Å²) in [7, 11) is 0. The van der Waals surface area contributed by atoms with Crippen molar-refractivity contribution in [2.75, 3.05) is 26.2 Å². The molecule has 4 rings (SSSR count). The molecule has 8 nitrogen and oxygen atoms in total. The zero-order valence-corrected chi connectivity index (χ0v) is 16.9. The fraction of sp³-hybridized carbons (Fsp3) is 0.619. The van der Waals surface area contributed by atoms with Crippen LogP contribution >= 0.6 is 0 Å². The first kappa shape index (κ1) is 19.8. The van der Waals surface area contributed by atoms with E-state index in [1.165, 1.54) is 17.5 Å². The van der Waals surface area contributed by atoms with Crippen LogP contribution in [0.5, 0.6) is 0 Å². The largest absolute Gasteiger partial charge is 0.355 e. The Morgan fingerprint density at radius 2 is 2.07 bits per heavy atom. The number of pyridine rings is 1. The van der Waals surface area contributed by atoms with E-state index in [1.807, 2.05) is 12.1 Å². The predicted octanol–water partition coefficient (Wildman–Crippen LogP) is 1.04. The number of aryl methyl sites for hydroxylation is 1. The monoisotopic (exact) mass is 398 g/mol. The second-order valence-electron chi connectivity index (χ2n) is 8.17. The van der Waals surface area contributed by atoms with Crippen molar-refractivity contribution in [3.8, 4) is 0 Å². The quantitative estimate of drug-likeness (QED) is 0.753. The Morgan fingerprint density at radius 3 is 2.86 bits per heavy atom. The number of hydrogen-bond donors (Lipinski definition) is 1. The van der Waals surface area contributed by atoms with Gasteiger partial charge in [-0.25, -0.2) is 9.48 Å². The van der Waals surface area contributed by atoms with E-state index in [2.05, 4.69) is 20.3 Å². The molecule has 0 saturated carbocycles. The van der Waals surface area contributed by atoms with Gasteiger partial charge >= 0.3 is 5.69 Å². The summed E-state index contributed by atoms with van der Waals surface area (Å²) in [5.41, 5.74) is 0.894. The normalized spacial score (nSPS) is 19.7. The van der Waals surface area contributed by atoms with Crippen molar-refractivity contribution in [3.63, 3.8) is 0 Å². The van der Waals surface area contributed by atoms with Crippen molar-refractivity contribution in [3.05, 3.63) is 46.4 Å². The Labute approximate surface area is 170 Å². The molecule has 8 heteroatoms. The Balaban J connectivity index is 1.27. The lowest BCUT2D eigenvalue weighted by atomic mass is 9.96. The molecule has 1 saturated heterocycles. The van der Waals surface area contributed by atoms with Crippen molar-refractivity contribution in [1.29, 1.82) is 0 Å². The number of carbonyl (C=O) groups excluding carboxylic acids is 1. The van der Waals surface area contributed by atoms with Crippen LogP contribution in [0.3, 0.4) is 0 Å². The number of likely N-dealkylation sites (tertiary alicyclic amines) is 1. The first-order valence-electron chi connectivity index (χ1n) is 10.7. The molecule has 1 atom stereocenters. The molecule has 2 aromatic rings. The summed E-state index contributed by atoms with van der Waals surface area (Å²) in [6.07, 6.45) is 9.03. The molecule has 1 fully saturated rings. The average molecular weight is 399 g/mol. The van der Waals surface area contributed by atoms with E-state index in [0.29, 0.717) is 25.4 Å². The number of hydrogen-bond acceptors (Lipinski definition) is 5. The molecule has 2 aliphatic rings. The highest BCUT2D eigenvalue weighted by atomic mass is 16.2. The van der Waals surface area contributed by atoms with Gasteiger partial charge in [0.25, 0.3) is 0 Å². The Bertz CT molecular complexity index is 869. The summed E-state index contributed by atoms with van der Waals surface area (Å²) in [5.74, 6) is 1.26. The second kappa shape index (κ2) is 9.35. The van der Waals surface area contributed by atoms with E-state index in [4.69, 9.17) is 0 Å². The van der Waals surface area contributed by atoms with Gasteiger partial charge < -0.3 is 10.2 Å². The van der Waals surface area contributed by atoms with E-state index >= 15 is 0 Å². The van der Waals surface area contributed by atoms with Crippen molar-refractivity contribution < 1.29 is 4.79 Å². The molecule has 0 radical (unpaired) electrons. The molecule has 2 aliphatic heterocycles. The van der Waals surface area contributed by atoms with Crippen LogP contribution in [0.25, 0.3) is 0 Å². The van der Waals surface area contributed by atoms with E-state index in [9.17, 15) is 9.59 Å². The minimum Gasteiger partial charge on any atom is -0.355 e. The highest BCUT2D eigenvalue weighted by molar-refractivity contribution is 5.76. The Hall–Kier alpha value is -2.48. The van der Waals surface area contributed by atoms with Crippen molar-refractivity contribution in [1.82, 2.24) is 29.5 Å². The molecule has 1 amide bonds. The molecule has 0 aromatic carbocycles. The molecule has 156 valence electrons. The summed E-state index contributed by atoms with van der Waals surface area (Å²) in [5, 5.41) is 7.61. The lowest BCUT2D eigenvalue weighted by Crippen LogP contribution is -2.34. The van der Waals surface area contributed by atoms with Crippen LogP contribution < -0.4 is 11.0 Å². The van der Waals surface area contributed by atoms with Gasteiger partial charge in [-0.1, -0.05) is 6.07 Å². The van der Waals surface area contributed by atoms with Crippen LogP contribution in [0.2, 0.25) is 0 Å². The summed E-state index contributed by atoms with van der Waals surface area (Å²) in [6.45, 7) is 5.06. The highest BCUT2D eigenvalue weighted by Crippen LogP contribution is 2.21. The highest BCUT2D eigenvalue weighted by Gasteiger charge is 2.23. The Morgan fingerprint density at radius 1 is 1.21 bits per heavy atom. The molecule has 4 heterocycles. The summed E-state index contributed by atoms with van der Waals surface area (Å²) < 4.78 is 3.30. The zero-order chi connectivity index (χ0) is 20.1. The SMILES string of the molecule is O=C(CC1CCc2nn(Cc3cccnc3)c(=O)n2CC1)NCCN1CCCC1. The number of rotatable bonds is 7. The van der Waals surface area contributed by atoms with E-state index < -0.39 is 0 Å². The molecule has 2 aromatic heterocycles. The molecular weight excluding hydrogens is 368 g/mol. The van der Waals surface area contributed by atoms with Crippen molar-refractivity contribution in [2.45, 2.75) is 51.6 Å². The number of carbonyl (C=O) groups is 1. The first-order chi connectivity index (χ1) is 14.2. The number of nitrogens with one attached hydrogen (secondary N) is 1. The Kier molecular flexibility index (Phi) is 6.39. The summed E-state index contributed by atoms with van der Waals surface area (Å²) in [4.78, 5) is 31.5. The van der Waals surface area contributed by atoms with Gasteiger partial charge in [0, 0.05) is 44.9 Å². The van der Waals surface area contributed by atoms with Crippen LogP contribution in [0, 0.1) is 5.92 Å². The fourth-order valence-corrected chi connectivity index (χ4v) is 4.35. The van der Waals surface area contributed by atoms with Gasteiger partial charge in [-0.2, -0.15) is 5.10 Å². The molecule has 0 spiro atoms. The van der Waals surface area contributed by atoms with Crippen molar-refractivity contribution >= 4 is 5.91 Å². The van der Waals surface area contributed by atoms with Crippen LogP contribution in [-0.2, 0) is 24.3 Å². The molecule has 29 heavy (non-hydrogen) atoms. The lowest BCUT2D eigenvalue weighted by molar-refractivity contribution is -0.122. The smallest absolute Gasteiger partial charge is 0.346 e. The third kappa shape index (κ3) is 5.12. The third-order valence-corrected chi connectivity index (χ3v) is 6.01. The molecule has 1 N–H and O–H groups in total. The number of aromatic nitrogens is 4. The minimum atomic E-state index is -0.0698. The van der Waals surface area contributed by atoms with Crippen LogP contribution in [0.1, 0.15) is 43.5 Å². The van der Waals surface area contributed by atoms with Gasteiger partial charge in [0.15, 0.2) is 0 Å². The maximum atomic E-state index is 12.7. The first-order valence-corrected chi connectivity index (χ1v) is 10.7. The van der Waals surface area contributed by atoms with Crippen LogP contribution in [0.4, 0.5) is 0 Å². The van der Waals surface area contributed by atoms with Gasteiger partial charge in [-0.15, -0.1) is 0 Å². The van der Waals surface area contributed by atoms with Crippen LogP contribution in [0.15, 0.2) is 29.3 Å². The number of nitrogens with zero attached hydrogens (tertiary/aromatic N) is 5. The molecular formula is C21H30N6O2. The number of fused-ring (bicyclic) bond motifs is 1.